The predicted octanol–water partition coefficient (Wildman–Crippen LogP) is 3.86. The number of carbonyl (C=O) groups is 1. The summed E-state index contributed by atoms with van der Waals surface area (Å²) < 4.78 is 35.1. The number of rotatable bonds is 9. The SMILES string of the molecule is Cc1ccccc1OCCN(C)C(=O)NCc1cccc(OCC(F)F)c1. The lowest BCUT2D eigenvalue weighted by molar-refractivity contribution is 0.0818. The molecule has 0 aliphatic heterocycles. The van der Waals surface area contributed by atoms with Crippen molar-refractivity contribution in [1.82, 2.24) is 10.2 Å². The number of alkyl halides is 2. The largest absolute Gasteiger partial charge is 0.491 e. The number of para-hydroxylation sites is 1. The summed E-state index contributed by atoms with van der Waals surface area (Å²) in [7, 11) is 1.68. The summed E-state index contributed by atoms with van der Waals surface area (Å²) in [4.78, 5) is 13.7. The molecule has 5 nitrogen and oxygen atoms in total. The molecule has 0 saturated heterocycles. The summed E-state index contributed by atoms with van der Waals surface area (Å²) in [5.74, 6) is 1.15. The molecule has 2 rings (SSSR count). The van der Waals surface area contributed by atoms with Crippen molar-refractivity contribution in [2.45, 2.75) is 19.9 Å². The van der Waals surface area contributed by atoms with Crippen LogP contribution in [0.15, 0.2) is 48.5 Å². The Hall–Kier alpha value is -2.83. The maximum absolute atomic E-state index is 12.2. The number of urea groups is 1. The average molecular weight is 378 g/mol. The summed E-state index contributed by atoms with van der Waals surface area (Å²) in [6, 6.07) is 14.2. The normalized spacial score (nSPS) is 10.6. The quantitative estimate of drug-likeness (QED) is 0.721. The molecule has 0 atom stereocenters. The minimum absolute atomic E-state index is 0.248. The van der Waals surface area contributed by atoms with Crippen LogP contribution in [-0.2, 0) is 6.54 Å². The van der Waals surface area contributed by atoms with Crippen molar-refractivity contribution in [2.75, 3.05) is 26.8 Å². The number of amides is 2. The van der Waals surface area contributed by atoms with Crippen molar-refractivity contribution in [3.8, 4) is 11.5 Å². The number of nitrogens with zero attached hydrogens (tertiary/aromatic N) is 1. The first kappa shape index (κ1) is 20.5. The van der Waals surface area contributed by atoms with Crippen LogP contribution in [0, 0.1) is 6.92 Å². The highest BCUT2D eigenvalue weighted by atomic mass is 19.3. The summed E-state index contributed by atoms with van der Waals surface area (Å²) in [5.41, 5.74) is 1.80. The van der Waals surface area contributed by atoms with Gasteiger partial charge in [0.25, 0.3) is 6.43 Å². The highest BCUT2D eigenvalue weighted by Crippen LogP contribution is 2.16. The molecule has 1 N–H and O–H groups in total. The molecule has 27 heavy (non-hydrogen) atoms. The molecule has 0 radical (unpaired) electrons. The van der Waals surface area contributed by atoms with Gasteiger partial charge >= 0.3 is 6.03 Å². The number of aryl methyl sites for hydroxylation is 1. The van der Waals surface area contributed by atoms with Gasteiger partial charge in [-0.1, -0.05) is 30.3 Å². The van der Waals surface area contributed by atoms with E-state index in [1.165, 1.54) is 4.90 Å². The van der Waals surface area contributed by atoms with E-state index in [4.69, 9.17) is 9.47 Å². The fraction of sp³-hybridized carbons (Fsp3) is 0.350. The molecule has 0 spiro atoms. The van der Waals surface area contributed by atoms with Crippen molar-refractivity contribution in [3.63, 3.8) is 0 Å². The van der Waals surface area contributed by atoms with Crippen molar-refractivity contribution in [1.29, 1.82) is 0 Å². The number of hydrogen-bond acceptors (Lipinski definition) is 3. The lowest BCUT2D eigenvalue weighted by atomic mass is 10.2. The third-order valence-corrected chi connectivity index (χ3v) is 3.84. The molecule has 0 aromatic heterocycles. The number of carbonyl (C=O) groups excluding carboxylic acids is 1. The molecule has 0 unspecified atom stereocenters. The molecule has 0 bridgehead atoms. The molecule has 2 amide bonds. The van der Waals surface area contributed by atoms with Gasteiger partial charge in [0.1, 0.15) is 24.7 Å². The Bertz CT molecular complexity index is 741. The minimum atomic E-state index is -2.52. The van der Waals surface area contributed by atoms with Crippen LogP contribution < -0.4 is 14.8 Å². The lowest BCUT2D eigenvalue weighted by Gasteiger charge is -2.19. The zero-order valence-electron chi connectivity index (χ0n) is 15.5. The molecule has 2 aromatic carbocycles. The number of benzene rings is 2. The van der Waals surface area contributed by atoms with E-state index in [2.05, 4.69) is 5.32 Å². The summed E-state index contributed by atoms with van der Waals surface area (Å²) in [6.07, 6.45) is -2.52. The summed E-state index contributed by atoms with van der Waals surface area (Å²) in [5, 5.41) is 2.78. The third kappa shape index (κ3) is 7.13. The first-order valence-electron chi connectivity index (χ1n) is 8.63. The van der Waals surface area contributed by atoms with Crippen LogP contribution in [0.1, 0.15) is 11.1 Å². The molecule has 0 aliphatic carbocycles. The molecule has 146 valence electrons. The number of halogens is 2. The maximum atomic E-state index is 12.2. The minimum Gasteiger partial charge on any atom is -0.491 e. The van der Waals surface area contributed by atoms with E-state index in [1.807, 2.05) is 31.2 Å². The fourth-order valence-electron chi connectivity index (χ4n) is 2.33. The zero-order valence-corrected chi connectivity index (χ0v) is 15.5. The van der Waals surface area contributed by atoms with Crippen LogP contribution in [-0.4, -0.2) is 44.2 Å². The topological polar surface area (TPSA) is 50.8 Å². The van der Waals surface area contributed by atoms with Crippen molar-refractivity contribution in [2.24, 2.45) is 0 Å². The Morgan fingerprint density at radius 3 is 2.67 bits per heavy atom. The second-order valence-corrected chi connectivity index (χ2v) is 6.04. The van der Waals surface area contributed by atoms with Crippen LogP contribution >= 0.6 is 0 Å². The fourth-order valence-corrected chi connectivity index (χ4v) is 2.33. The highest BCUT2D eigenvalue weighted by molar-refractivity contribution is 5.73. The lowest BCUT2D eigenvalue weighted by Crippen LogP contribution is -2.39. The molecule has 7 heteroatoms. The van der Waals surface area contributed by atoms with E-state index < -0.39 is 13.0 Å². The van der Waals surface area contributed by atoms with Crippen LogP contribution in [0.4, 0.5) is 13.6 Å². The standard InChI is InChI=1S/C20H24F2N2O3/c1-15-6-3-4-9-18(15)26-11-10-24(2)20(25)23-13-16-7-5-8-17(12-16)27-14-19(21)22/h3-9,12,19H,10-11,13-14H2,1-2H3,(H,23,25). The number of likely N-dealkylation sites (N-methyl/N-ethyl adjacent to an activating group) is 1. The highest BCUT2D eigenvalue weighted by Gasteiger charge is 2.09. The van der Waals surface area contributed by atoms with Gasteiger partial charge in [0.05, 0.1) is 6.54 Å². The molecule has 0 fully saturated rings. The van der Waals surface area contributed by atoms with E-state index in [9.17, 15) is 13.6 Å². The Morgan fingerprint density at radius 1 is 1.15 bits per heavy atom. The number of ether oxygens (including phenoxy) is 2. The zero-order chi connectivity index (χ0) is 19.6. The van der Waals surface area contributed by atoms with E-state index in [0.29, 0.717) is 18.9 Å². The van der Waals surface area contributed by atoms with Gasteiger partial charge in [0.2, 0.25) is 0 Å². The summed E-state index contributed by atoms with van der Waals surface area (Å²) in [6.45, 7) is 2.39. The van der Waals surface area contributed by atoms with Gasteiger partial charge in [0.15, 0.2) is 0 Å². The van der Waals surface area contributed by atoms with Crippen molar-refractivity contribution in [3.05, 3.63) is 59.7 Å². The smallest absolute Gasteiger partial charge is 0.317 e. The molecular formula is C20H24F2N2O3. The van der Waals surface area contributed by atoms with Gasteiger partial charge in [-0.3, -0.25) is 0 Å². The van der Waals surface area contributed by atoms with Gasteiger partial charge in [0, 0.05) is 13.6 Å². The van der Waals surface area contributed by atoms with E-state index in [-0.39, 0.29) is 12.6 Å². The third-order valence-electron chi connectivity index (χ3n) is 3.84. The van der Waals surface area contributed by atoms with Gasteiger partial charge in [-0.2, -0.15) is 0 Å². The molecular weight excluding hydrogens is 354 g/mol. The molecule has 2 aromatic rings. The van der Waals surface area contributed by atoms with Gasteiger partial charge in [-0.25, -0.2) is 13.6 Å². The molecule has 0 saturated carbocycles. The van der Waals surface area contributed by atoms with Gasteiger partial charge in [-0.05, 0) is 36.2 Å². The summed E-state index contributed by atoms with van der Waals surface area (Å²) >= 11 is 0. The Balaban J connectivity index is 1.74. The Labute approximate surface area is 157 Å². The van der Waals surface area contributed by atoms with Crippen molar-refractivity contribution >= 4 is 6.03 Å². The van der Waals surface area contributed by atoms with Crippen LogP contribution in [0.5, 0.6) is 11.5 Å². The van der Waals surface area contributed by atoms with Crippen LogP contribution in [0.3, 0.4) is 0 Å². The van der Waals surface area contributed by atoms with E-state index in [1.54, 1.807) is 31.3 Å². The van der Waals surface area contributed by atoms with Gasteiger partial charge < -0.3 is 19.7 Å². The maximum Gasteiger partial charge on any atom is 0.317 e. The second kappa shape index (κ2) is 10.4. The van der Waals surface area contributed by atoms with Crippen molar-refractivity contribution < 1.29 is 23.0 Å². The van der Waals surface area contributed by atoms with Crippen LogP contribution in [0.2, 0.25) is 0 Å². The number of nitrogens with one attached hydrogen (secondary N) is 1. The molecule has 0 heterocycles. The Morgan fingerprint density at radius 2 is 1.93 bits per heavy atom. The first-order valence-corrected chi connectivity index (χ1v) is 8.63. The van der Waals surface area contributed by atoms with Crippen LogP contribution in [0.25, 0.3) is 0 Å². The van der Waals surface area contributed by atoms with E-state index >= 15 is 0 Å². The first-order chi connectivity index (χ1) is 13.0. The van der Waals surface area contributed by atoms with Gasteiger partial charge in [-0.15, -0.1) is 0 Å². The van der Waals surface area contributed by atoms with E-state index in [0.717, 1.165) is 16.9 Å². The second-order valence-electron chi connectivity index (χ2n) is 6.04. The molecule has 0 aliphatic rings. The Kier molecular flexibility index (Phi) is 7.85. The average Bonchev–Trinajstić information content (AvgIpc) is 2.66. The monoisotopic (exact) mass is 378 g/mol. The number of hydrogen-bond donors (Lipinski definition) is 1. The predicted molar refractivity (Wildman–Crippen MR) is 99.5 cm³/mol.